The van der Waals surface area contributed by atoms with Crippen LogP contribution in [0.15, 0.2) is 40.8 Å². The fourth-order valence-electron chi connectivity index (χ4n) is 1.81. The van der Waals surface area contributed by atoms with Gasteiger partial charge in [-0.15, -0.1) is 0 Å². The minimum absolute atomic E-state index is 0.128. The summed E-state index contributed by atoms with van der Waals surface area (Å²) in [7, 11) is 0. The van der Waals surface area contributed by atoms with Crippen LogP contribution >= 0.6 is 0 Å². The Kier molecular flexibility index (Phi) is 4.30. The summed E-state index contributed by atoms with van der Waals surface area (Å²) < 4.78 is 5.44. The number of hydrogen-bond acceptors (Lipinski definition) is 4. The Hall–Kier alpha value is -2.14. The molecule has 1 aromatic heterocycles. The maximum Gasteiger partial charge on any atom is 0.269 e. The van der Waals surface area contributed by atoms with Gasteiger partial charge in [-0.05, 0) is 37.6 Å². The minimum atomic E-state index is -0.388. The van der Waals surface area contributed by atoms with Gasteiger partial charge in [0.2, 0.25) is 0 Å². The third-order valence-corrected chi connectivity index (χ3v) is 2.83. The Morgan fingerprint density at radius 1 is 1.21 bits per heavy atom. The van der Waals surface area contributed by atoms with Crippen molar-refractivity contribution < 1.29 is 9.34 Å². The topological polar surface area (TPSA) is 68.3 Å². The summed E-state index contributed by atoms with van der Waals surface area (Å²) in [5, 5.41) is 13.8. The van der Waals surface area contributed by atoms with Crippen LogP contribution in [0, 0.1) is 17.0 Å². The molecular formula is C14H16N2O3. The van der Waals surface area contributed by atoms with Gasteiger partial charge in [-0.2, -0.15) is 0 Å². The van der Waals surface area contributed by atoms with Crippen molar-refractivity contribution in [3.8, 4) is 0 Å². The summed E-state index contributed by atoms with van der Waals surface area (Å²) in [5.74, 6) is 1.83. The molecule has 0 radical (unpaired) electrons. The molecule has 0 atom stereocenters. The van der Waals surface area contributed by atoms with Crippen LogP contribution in [0.1, 0.15) is 17.1 Å². The highest BCUT2D eigenvalue weighted by atomic mass is 16.6. The molecule has 1 N–H and O–H groups in total. The normalized spacial score (nSPS) is 10.6. The largest absolute Gasteiger partial charge is 0.465 e. The molecule has 0 amide bonds. The highest BCUT2D eigenvalue weighted by Gasteiger charge is 2.03. The van der Waals surface area contributed by atoms with Crippen molar-refractivity contribution in [2.45, 2.75) is 19.9 Å². The molecule has 19 heavy (non-hydrogen) atoms. The van der Waals surface area contributed by atoms with Crippen molar-refractivity contribution >= 4 is 5.69 Å². The van der Waals surface area contributed by atoms with Crippen LogP contribution < -0.4 is 5.32 Å². The summed E-state index contributed by atoms with van der Waals surface area (Å²) >= 11 is 0. The average molecular weight is 260 g/mol. The lowest BCUT2D eigenvalue weighted by Crippen LogP contribution is -2.16. The van der Waals surface area contributed by atoms with Crippen LogP contribution in [-0.4, -0.2) is 11.5 Å². The Labute approximate surface area is 111 Å². The molecule has 5 heteroatoms. The molecule has 1 aromatic carbocycles. The van der Waals surface area contributed by atoms with Crippen molar-refractivity contribution in [3.63, 3.8) is 0 Å². The number of hydrogen-bond donors (Lipinski definition) is 1. The second-order valence-electron chi connectivity index (χ2n) is 4.36. The van der Waals surface area contributed by atoms with E-state index in [0.717, 1.165) is 30.0 Å². The molecule has 0 aliphatic heterocycles. The number of nitrogens with one attached hydrogen (secondary N) is 1. The van der Waals surface area contributed by atoms with Gasteiger partial charge in [0, 0.05) is 12.1 Å². The molecule has 0 spiro atoms. The summed E-state index contributed by atoms with van der Waals surface area (Å²) in [6, 6.07) is 10.5. The number of nitro benzene ring substituents is 1. The van der Waals surface area contributed by atoms with E-state index in [1.54, 1.807) is 12.1 Å². The first-order valence-electron chi connectivity index (χ1n) is 6.14. The first-order valence-corrected chi connectivity index (χ1v) is 6.14. The van der Waals surface area contributed by atoms with Gasteiger partial charge in [0.1, 0.15) is 11.5 Å². The Bertz CT molecular complexity index is 546. The van der Waals surface area contributed by atoms with Crippen molar-refractivity contribution in [2.24, 2.45) is 0 Å². The zero-order valence-corrected chi connectivity index (χ0v) is 10.8. The molecule has 0 unspecified atom stereocenters. The van der Waals surface area contributed by atoms with Crippen LogP contribution in [0.2, 0.25) is 0 Å². The van der Waals surface area contributed by atoms with Gasteiger partial charge in [0.25, 0.3) is 5.69 Å². The maximum atomic E-state index is 10.5. The second-order valence-corrected chi connectivity index (χ2v) is 4.36. The number of aryl methyl sites for hydroxylation is 1. The van der Waals surface area contributed by atoms with E-state index in [1.807, 2.05) is 19.1 Å². The number of non-ortho nitro benzene ring substituents is 1. The lowest BCUT2D eigenvalue weighted by Gasteiger charge is -2.03. The van der Waals surface area contributed by atoms with Crippen molar-refractivity contribution in [3.05, 3.63) is 63.6 Å². The summed E-state index contributed by atoms with van der Waals surface area (Å²) in [6.45, 7) is 3.42. The van der Waals surface area contributed by atoms with E-state index in [9.17, 15) is 10.1 Å². The van der Waals surface area contributed by atoms with Gasteiger partial charge in [-0.3, -0.25) is 10.1 Å². The molecule has 0 aliphatic rings. The van der Waals surface area contributed by atoms with Crippen molar-refractivity contribution in [1.29, 1.82) is 0 Å². The Morgan fingerprint density at radius 3 is 2.53 bits per heavy atom. The molecule has 5 nitrogen and oxygen atoms in total. The van der Waals surface area contributed by atoms with Gasteiger partial charge in [-0.25, -0.2) is 0 Å². The predicted molar refractivity (Wildman–Crippen MR) is 72.0 cm³/mol. The van der Waals surface area contributed by atoms with Crippen LogP contribution in [0.25, 0.3) is 0 Å². The number of rotatable bonds is 6. The Morgan fingerprint density at radius 2 is 1.95 bits per heavy atom. The standard InChI is InChI=1S/C14H16N2O3/c1-11-2-7-14(19-11)10-15-9-8-12-3-5-13(6-4-12)16(17)18/h2-7,15H,8-10H2,1H3. The van der Waals surface area contributed by atoms with Crippen molar-refractivity contribution in [2.75, 3.05) is 6.54 Å². The zero-order valence-electron chi connectivity index (χ0n) is 10.8. The third-order valence-electron chi connectivity index (χ3n) is 2.83. The number of benzene rings is 1. The highest BCUT2D eigenvalue weighted by Crippen LogP contribution is 2.12. The van der Waals surface area contributed by atoms with Gasteiger partial charge in [-0.1, -0.05) is 12.1 Å². The van der Waals surface area contributed by atoms with Crippen LogP contribution in [0.5, 0.6) is 0 Å². The maximum absolute atomic E-state index is 10.5. The molecule has 0 aliphatic carbocycles. The molecule has 100 valence electrons. The SMILES string of the molecule is Cc1ccc(CNCCc2ccc([N+](=O)[O-])cc2)o1. The number of nitrogens with zero attached hydrogens (tertiary/aromatic N) is 1. The first-order chi connectivity index (χ1) is 9.15. The van der Waals surface area contributed by atoms with E-state index in [0.29, 0.717) is 6.54 Å². The number of furan rings is 1. The monoisotopic (exact) mass is 260 g/mol. The molecule has 2 aromatic rings. The van der Waals surface area contributed by atoms with Crippen molar-refractivity contribution in [1.82, 2.24) is 5.32 Å². The van der Waals surface area contributed by atoms with E-state index in [-0.39, 0.29) is 10.6 Å². The summed E-state index contributed by atoms with van der Waals surface area (Å²) in [6.07, 6.45) is 0.831. The van der Waals surface area contributed by atoms with Gasteiger partial charge in [0.15, 0.2) is 0 Å². The van der Waals surface area contributed by atoms with E-state index in [4.69, 9.17) is 4.42 Å². The molecule has 0 saturated heterocycles. The average Bonchev–Trinajstić information content (AvgIpc) is 2.81. The van der Waals surface area contributed by atoms with E-state index >= 15 is 0 Å². The van der Waals surface area contributed by atoms with Crippen LogP contribution in [0.3, 0.4) is 0 Å². The fourth-order valence-corrected chi connectivity index (χ4v) is 1.81. The van der Waals surface area contributed by atoms with E-state index < -0.39 is 0 Å². The Balaban J connectivity index is 1.75. The molecule has 2 rings (SSSR count). The predicted octanol–water partition coefficient (Wildman–Crippen LogP) is 2.83. The van der Waals surface area contributed by atoms with E-state index in [1.165, 1.54) is 12.1 Å². The van der Waals surface area contributed by atoms with Crippen LogP contribution in [0.4, 0.5) is 5.69 Å². The molecule has 1 heterocycles. The summed E-state index contributed by atoms with van der Waals surface area (Å²) in [5.41, 5.74) is 1.21. The quantitative estimate of drug-likeness (QED) is 0.492. The smallest absolute Gasteiger partial charge is 0.269 e. The zero-order chi connectivity index (χ0) is 13.7. The highest BCUT2D eigenvalue weighted by molar-refractivity contribution is 5.32. The van der Waals surface area contributed by atoms with Gasteiger partial charge < -0.3 is 9.73 Å². The molecule has 0 bridgehead atoms. The lowest BCUT2D eigenvalue weighted by atomic mass is 10.1. The lowest BCUT2D eigenvalue weighted by molar-refractivity contribution is -0.384. The van der Waals surface area contributed by atoms with Gasteiger partial charge >= 0.3 is 0 Å². The first kappa shape index (κ1) is 13.3. The van der Waals surface area contributed by atoms with Crippen LogP contribution in [-0.2, 0) is 13.0 Å². The third kappa shape index (κ3) is 3.93. The molecular weight excluding hydrogens is 244 g/mol. The van der Waals surface area contributed by atoms with E-state index in [2.05, 4.69) is 5.32 Å². The second kappa shape index (κ2) is 6.15. The number of nitro groups is 1. The molecule has 0 fully saturated rings. The summed E-state index contributed by atoms with van der Waals surface area (Å²) in [4.78, 5) is 10.1. The minimum Gasteiger partial charge on any atom is -0.465 e. The fraction of sp³-hybridized carbons (Fsp3) is 0.286. The van der Waals surface area contributed by atoms with Gasteiger partial charge in [0.05, 0.1) is 11.5 Å². The molecule has 0 saturated carbocycles.